The van der Waals surface area contributed by atoms with Crippen molar-refractivity contribution < 1.29 is 27.8 Å². The number of hydrogen-bond donors (Lipinski definition) is 2. The first-order chi connectivity index (χ1) is 20.6. The Morgan fingerprint density at radius 1 is 1.21 bits per heavy atom. The number of rotatable bonds is 2. The number of methoxy groups -OCH3 is 1. The van der Waals surface area contributed by atoms with Crippen LogP contribution in [0.5, 0.6) is 5.75 Å². The van der Waals surface area contributed by atoms with Crippen LogP contribution in [0.4, 0.5) is 5.69 Å². The maximum atomic E-state index is 13.5. The Morgan fingerprint density at radius 3 is 2.81 bits per heavy atom. The van der Waals surface area contributed by atoms with Crippen molar-refractivity contribution in [1.29, 1.82) is 0 Å². The average Bonchev–Trinajstić information content (AvgIpc) is 3.10. The van der Waals surface area contributed by atoms with Crippen molar-refractivity contribution in [2.45, 2.75) is 62.2 Å². The Labute approximate surface area is 259 Å². The van der Waals surface area contributed by atoms with E-state index in [0.29, 0.717) is 31.9 Å². The van der Waals surface area contributed by atoms with Gasteiger partial charge in [0.2, 0.25) is 10.0 Å². The summed E-state index contributed by atoms with van der Waals surface area (Å²) in [5.41, 5.74) is 3.25. The third-order valence-corrected chi connectivity index (χ3v) is 12.2. The summed E-state index contributed by atoms with van der Waals surface area (Å²) in [5, 5.41) is 11.0. The third-order valence-electron chi connectivity index (χ3n) is 10.1. The summed E-state index contributed by atoms with van der Waals surface area (Å²) < 4.78 is 41.0. The second-order valence-corrected chi connectivity index (χ2v) is 15.2. The quantitative estimate of drug-likeness (QED) is 0.457. The van der Waals surface area contributed by atoms with Crippen molar-refractivity contribution in [2.75, 3.05) is 38.3 Å². The maximum absolute atomic E-state index is 13.5. The minimum Gasteiger partial charge on any atom is -0.490 e. The van der Waals surface area contributed by atoms with Crippen LogP contribution in [0.1, 0.15) is 60.5 Å². The fourth-order valence-electron chi connectivity index (χ4n) is 7.52. The van der Waals surface area contributed by atoms with Gasteiger partial charge in [-0.05, 0) is 97.7 Å². The van der Waals surface area contributed by atoms with Gasteiger partial charge in [-0.15, -0.1) is 0 Å². The lowest BCUT2D eigenvalue weighted by Crippen LogP contribution is -2.49. The first kappa shape index (κ1) is 30.4. The van der Waals surface area contributed by atoms with Crippen LogP contribution in [0.25, 0.3) is 0 Å². The van der Waals surface area contributed by atoms with Crippen LogP contribution in [0.15, 0.2) is 48.6 Å². The molecule has 232 valence electrons. The van der Waals surface area contributed by atoms with E-state index >= 15 is 0 Å². The van der Waals surface area contributed by atoms with E-state index in [9.17, 15) is 18.3 Å². The molecule has 2 N–H and O–H groups in total. The minimum absolute atomic E-state index is 0.0502. The zero-order valence-electron chi connectivity index (χ0n) is 24.8. The standard InChI is InChI=1S/C33H41ClN2O6S/c1-21-5-3-7-29(37)26-11-8-24(26)17-36-19-33(14-4-6-22-15-25(34)10-12-27(22)33)20-42-30-13-9-23(16-28(30)36)32(38)35-43(39,40)31(21)18-41-2/h3,7,9-10,12-13,15-16,21,24,26,29,31,37H,4-6,8,11,14,17-20H2,1-2H3,(H,35,38)/b7-3+/t21-,24-,26+,29-,31+,33-/m0/s1. The van der Waals surface area contributed by atoms with E-state index < -0.39 is 27.3 Å². The van der Waals surface area contributed by atoms with Crippen molar-refractivity contribution in [3.05, 3.63) is 70.3 Å². The van der Waals surface area contributed by atoms with Crippen LogP contribution < -0.4 is 14.4 Å². The lowest BCUT2D eigenvalue weighted by atomic mass is 9.68. The van der Waals surface area contributed by atoms with E-state index in [2.05, 4.69) is 21.8 Å². The zero-order chi connectivity index (χ0) is 30.4. The van der Waals surface area contributed by atoms with Crippen molar-refractivity contribution in [3.63, 3.8) is 0 Å². The van der Waals surface area contributed by atoms with Gasteiger partial charge in [0.05, 0.1) is 25.0 Å². The molecule has 1 saturated carbocycles. The molecular formula is C33H41ClN2O6S. The van der Waals surface area contributed by atoms with E-state index in [0.717, 1.165) is 42.8 Å². The number of sulfonamides is 1. The van der Waals surface area contributed by atoms with Gasteiger partial charge in [-0.2, -0.15) is 0 Å². The molecule has 4 aliphatic rings. The second-order valence-electron chi connectivity index (χ2n) is 12.9. The monoisotopic (exact) mass is 628 g/mol. The molecule has 2 aliphatic carbocycles. The van der Waals surface area contributed by atoms with Crippen molar-refractivity contribution in [3.8, 4) is 5.75 Å². The number of fused-ring (bicyclic) bond motifs is 4. The van der Waals surface area contributed by atoms with Gasteiger partial charge in [-0.1, -0.05) is 36.7 Å². The number of aryl methyl sites for hydroxylation is 1. The summed E-state index contributed by atoms with van der Waals surface area (Å²) in [6, 6.07) is 11.3. The predicted molar refractivity (Wildman–Crippen MR) is 167 cm³/mol. The van der Waals surface area contributed by atoms with Crippen molar-refractivity contribution in [2.24, 2.45) is 17.8 Å². The summed E-state index contributed by atoms with van der Waals surface area (Å²) >= 11 is 6.39. The van der Waals surface area contributed by atoms with Crippen LogP contribution in [-0.2, 0) is 26.6 Å². The minimum atomic E-state index is -4.06. The van der Waals surface area contributed by atoms with Gasteiger partial charge in [0.25, 0.3) is 5.91 Å². The molecule has 6 atom stereocenters. The molecule has 1 fully saturated rings. The molecule has 0 unspecified atom stereocenters. The van der Waals surface area contributed by atoms with Crippen LogP contribution >= 0.6 is 11.6 Å². The molecule has 2 aromatic rings. The molecular weight excluding hydrogens is 588 g/mol. The van der Waals surface area contributed by atoms with E-state index in [1.807, 2.05) is 25.1 Å². The smallest absolute Gasteiger partial charge is 0.264 e. The number of carbonyl (C=O) groups excluding carboxylic acids is 1. The molecule has 2 bridgehead atoms. The summed E-state index contributed by atoms with van der Waals surface area (Å²) in [4.78, 5) is 15.8. The fraction of sp³-hybridized carbons (Fsp3) is 0.545. The highest BCUT2D eigenvalue weighted by molar-refractivity contribution is 7.90. The number of halogens is 1. The first-order valence-electron chi connectivity index (χ1n) is 15.3. The number of anilines is 1. The topological polar surface area (TPSA) is 105 Å². The molecule has 2 aliphatic heterocycles. The Hall–Kier alpha value is -2.59. The van der Waals surface area contributed by atoms with Gasteiger partial charge in [0, 0.05) is 36.2 Å². The number of nitrogens with one attached hydrogen (secondary N) is 1. The number of hydrogen-bond acceptors (Lipinski definition) is 7. The second kappa shape index (κ2) is 12.1. The molecule has 1 amide bonds. The summed E-state index contributed by atoms with van der Waals surface area (Å²) in [6.45, 7) is 3.64. The number of ether oxygens (including phenoxy) is 2. The van der Waals surface area contributed by atoms with Crippen molar-refractivity contribution >= 4 is 33.2 Å². The molecule has 0 aromatic heterocycles. The molecule has 0 radical (unpaired) electrons. The number of carbonyl (C=O) groups is 1. The fourth-order valence-corrected chi connectivity index (χ4v) is 9.28. The number of nitrogens with zero attached hydrogens (tertiary/aromatic N) is 1. The molecule has 43 heavy (non-hydrogen) atoms. The van der Waals surface area contributed by atoms with E-state index in [1.165, 1.54) is 18.2 Å². The van der Waals surface area contributed by atoms with Gasteiger partial charge in [-0.3, -0.25) is 4.79 Å². The Balaban J connectivity index is 1.42. The molecule has 2 aromatic carbocycles. The van der Waals surface area contributed by atoms with Crippen LogP contribution in [0.3, 0.4) is 0 Å². The maximum Gasteiger partial charge on any atom is 0.264 e. The van der Waals surface area contributed by atoms with Crippen LogP contribution in [0, 0.1) is 17.8 Å². The van der Waals surface area contributed by atoms with Gasteiger partial charge >= 0.3 is 0 Å². The number of aliphatic hydroxyl groups is 1. The molecule has 8 nitrogen and oxygen atoms in total. The molecule has 10 heteroatoms. The van der Waals surface area contributed by atoms with Gasteiger partial charge < -0.3 is 19.5 Å². The molecule has 1 spiro atoms. The van der Waals surface area contributed by atoms with E-state index in [-0.39, 0.29) is 35.3 Å². The lowest BCUT2D eigenvalue weighted by Gasteiger charge is -2.45. The van der Waals surface area contributed by atoms with Crippen LogP contribution in [-0.4, -0.2) is 64.2 Å². The molecule has 0 saturated heterocycles. The Morgan fingerprint density at radius 2 is 2.05 bits per heavy atom. The molecule has 6 rings (SSSR count). The van der Waals surface area contributed by atoms with Crippen LogP contribution in [0.2, 0.25) is 5.02 Å². The average molecular weight is 629 g/mol. The van der Waals surface area contributed by atoms with Gasteiger partial charge in [0.1, 0.15) is 11.0 Å². The summed E-state index contributed by atoms with van der Waals surface area (Å²) in [5.74, 6) is 0.0259. The zero-order valence-corrected chi connectivity index (χ0v) is 26.4. The number of benzene rings is 2. The van der Waals surface area contributed by atoms with Crippen molar-refractivity contribution in [1.82, 2.24) is 4.72 Å². The Bertz CT molecular complexity index is 1510. The van der Waals surface area contributed by atoms with E-state index in [4.69, 9.17) is 21.1 Å². The number of aliphatic hydroxyl groups excluding tert-OH is 1. The van der Waals surface area contributed by atoms with E-state index in [1.54, 1.807) is 18.2 Å². The highest BCUT2D eigenvalue weighted by Crippen LogP contribution is 2.46. The van der Waals surface area contributed by atoms with Gasteiger partial charge in [-0.25, -0.2) is 13.1 Å². The normalized spacial score (nSPS) is 32.8. The summed E-state index contributed by atoms with van der Waals surface area (Å²) in [6.07, 6.45) is 8.38. The molecule has 2 heterocycles. The highest BCUT2D eigenvalue weighted by Gasteiger charge is 2.44. The predicted octanol–water partition coefficient (Wildman–Crippen LogP) is 4.87. The lowest BCUT2D eigenvalue weighted by molar-refractivity contribution is 0.0455. The highest BCUT2D eigenvalue weighted by atomic mass is 35.5. The number of allylic oxidation sites excluding steroid dienone is 1. The first-order valence-corrected chi connectivity index (χ1v) is 17.2. The summed E-state index contributed by atoms with van der Waals surface area (Å²) in [7, 11) is -2.61. The number of amides is 1. The third kappa shape index (κ3) is 5.93. The largest absolute Gasteiger partial charge is 0.490 e. The Kier molecular flexibility index (Phi) is 8.54. The SMILES string of the molecule is COC[C@@H]1[C@@H](C)C/C=C/[C@H](O)[C@@H]2CC[C@H]2CN2C[C@@]3(CCCc4cc(Cl)ccc43)COc3ccc(cc32)C(=O)NS1(=O)=O. The van der Waals surface area contributed by atoms with Gasteiger partial charge in [0.15, 0.2) is 0 Å².